The van der Waals surface area contributed by atoms with E-state index in [4.69, 9.17) is 16.3 Å². The molecule has 8 nitrogen and oxygen atoms in total. The van der Waals surface area contributed by atoms with Gasteiger partial charge in [-0.05, 0) is 61.7 Å². The van der Waals surface area contributed by atoms with E-state index in [1.54, 1.807) is 30.3 Å². The van der Waals surface area contributed by atoms with Crippen LogP contribution in [-0.2, 0) is 14.8 Å². The van der Waals surface area contributed by atoms with Gasteiger partial charge in [0.25, 0.3) is 5.91 Å². The fourth-order valence-corrected chi connectivity index (χ4v) is 5.24. The zero-order valence-corrected chi connectivity index (χ0v) is 20.0. The number of nitrogens with one attached hydrogen (secondary N) is 2. The van der Waals surface area contributed by atoms with Crippen molar-refractivity contribution < 1.29 is 22.7 Å². The molecular weight excluding hydrogens is 466 g/mol. The van der Waals surface area contributed by atoms with Crippen molar-refractivity contribution in [1.29, 1.82) is 0 Å². The van der Waals surface area contributed by atoms with Gasteiger partial charge in [0.05, 0.1) is 17.7 Å². The average molecular weight is 494 g/mol. The molecule has 2 N–H and O–H groups in total. The second-order valence-electron chi connectivity index (χ2n) is 7.74. The first-order chi connectivity index (χ1) is 15.8. The van der Waals surface area contributed by atoms with E-state index in [-0.39, 0.29) is 23.1 Å². The van der Waals surface area contributed by atoms with Gasteiger partial charge in [0.15, 0.2) is 0 Å². The molecule has 178 valence electrons. The largest absolute Gasteiger partial charge is 0.495 e. The number of hydrogen-bond donors (Lipinski definition) is 2. The number of carbonyl (C=O) groups is 2. The molecule has 3 rings (SSSR count). The molecule has 2 aromatic rings. The lowest BCUT2D eigenvalue weighted by Crippen LogP contribution is -2.35. The van der Waals surface area contributed by atoms with E-state index in [2.05, 4.69) is 10.6 Å². The predicted molar refractivity (Wildman–Crippen MR) is 127 cm³/mol. The number of carbonyl (C=O) groups excluding carboxylic acids is 2. The van der Waals surface area contributed by atoms with Crippen molar-refractivity contribution in [2.75, 3.05) is 32.1 Å². The summed E-state index contributed by atoms with van der Waals surface area (Å²) in [6.45, 7) is 1.31. The van der Waals surface area contributed by atoms with Crippen molar-refractivity contribution in [2.45, 2.75) is 37.0 Å². The minimum Gasteiger partial charge on any atom is -0.495 e. The standard InChI is InChI=1S/C23H28ClN3O5S/c1-32-21-12-11-19(33(30,31)27-14-3-2-4-15-27)16-20(21)26-22(28)6-5-13-25-23(29)17-7-9-18(24)10-8-17/h7-12,16H,2-6,13-15H2,1H3,(H,25,29)(H,26,28). The van der Waals surface area contributed by atoms with Crippen LogP contribution in [0, 0.1) is 0 Å². The molecule has 0 unspecified atom stereocenters. The second kappa shape index (κ2) is 11.5. The van der Waals surface area contributed by atoms with Crippen molar-refractivity contribution in [3.63, 3.8) is 0 Å². The lowest BCUT2D eigenvalue weighted by molar-refractivity contribution is -0.116. The molecule has 0 aromatic heterocycles. The molecule has 1 heterocycles. The van der Waals surface area contributed by atoms with Crippen LogP contribution in [0.25, 0.3) is 0 Å². The molecule has 1 saturated heterocycles. The minimum absolute atomic E-state index is 0.121. The van der Waals surface area contributed by atoms with E-state index in [0.29, 0.717) is 48.1 Å². The maximum Gasteiger partial charge on any atom is 0.251 e. The topological polar surface area (TPSA) is 105 Å². The van der Waals surface area contributed by atoms with Crippen molar-refractivity contribution in [2.24, 2.45) is 0 Å². The molecule has 2 amide bonds. The minimum atomic E-state index is -3.63. The molecular formula is C23H28ClN3O5S. The zero-order valence-electron chi connectivity index (χ0n) is 18.5. The lowest BCUT2D eigenvalue weighted by Gasteiger charge is -2.26. The summed E-state index contributed by atoms with van der Waals surface area (Å²) in [4.78, 5) is 24.7. The van der Waals surface area contributed by atoms with Crippen LogP contribution in [0.3, 0.4) is 0 Å². The third-order valence-electron chi connectivity index (χ3n) is 5.37. The van der Waals surface area contributed by atoms with Crippen LogP contribution < -0.4 is 15.4 Å². The summed E-state index contributed by atoms with van der Waals surface area (Å²) in [5.74, 6) is -0.178. The summed E-state index contributed by atoms with van der Waals surface area (Å²) >= 11 is 5.82. The summed E-state index contributed by atoms with van der Waals surface area (Å²) in [6.07, 6.45) is 3.27. The Morgan fingerprint density at radius 3 is 2.42 bits per heavy atom. The molecule has 33 heavy (non-hydrogen) atoms. The third kappa shape index (κ3) is 6.69. The summed E-state index contributed by atoms with van der Waals surface area (Å²) in [7, 11) is -2.18. The summed E-state index contributed by atoms with van der Waals surface area (Å²) in [5.41, 5.74) is 0.783. The highest BCUT2D eigenvalue weighted by Gasteiger charge is 2.27. The summed E-state index contributed by atoms with van der Waals surface area (Å²) in [6, 6.07) is 11.0. The fourth-order valence-electron chi connectivity index (χ4n) is 3.57. The lowest BCUT2D eigenvalue weighted by atomic mass is 10.2. The summed E-state index contributed by atoms with van der Waals surface area (Å²) in [5, 5.41) is 6.03. The van der Waals surface area contributed by atoms with Gasteiger partial charge in [-0.1, -0.05) is 18.0 Å². The number of halogens is 1. The van der Waals surface area contributed by atoms with E-state index >= 15 is 0 Å². The Kier molecular flexibility index (Phi) is 8.71. The van der Waals surface area contributed by atoms with Gasteiger partial charge in [-0.25, -0.2) is 8.42 Å². The van der Waals surface area contributed by atoms with Crippen LogP contribution in [0.2, 0.25) is 5.02 Å². The Labute approximate surface area is 199 Å². The first-order valence-corrected chi connectivity index (χ1v) is 12.6. The zero-order chi connectivity index (χ0) is 23.8. The molecule has 0 atom stereocenters. The van der Waals surface area contributed by atoms with Crippen LogP contribution >= 0.6 is 11.6 Å². The number of hydrogen-bond acceptors (Lipinski definition) is 5. The summed E-state index contributed by atoms with van der Waals surface area (Å²) < 4.78 is 32.7. The van der Waals surface area contributed by atoms with Crippen molar-refractivity contribution in [1.82, 2.24) is 9.62 Å². The Bertz CT molecular complexity index is 1080. The van der Waals surface area contributed by atoms with E-state index in [1.165, 1.54) is 23.5 Å². The molecule has 0 aliphatic carbocycles. The monoisotopic (exact) mass is 493 g/mol. The van der Waals surface area contributed by atoms with Crippen molar-refractivity contribution in [3.05, 3.63) is 53.1 Å². The number of anilines is 1. The SMILES string of the molecule is COc1ccc(S(=O)(=O)N2CCCCC2)cc1NC(=O)CCCNC(=O)c1ccc(Cl)cc1. The highest BCUT2D eigenvalue weighted by Crippen LogP contribution is 2.30. The van der Waals surface area contributed by atoms with Crippen LogP contribution in [-0.4, -0.2) is 51.3 Å². The second-order valence-corrected chi connectivity index (χ2v) is 10.1. The molecule has 0 saturated carbocycles. The molecule has 0 radical (unpaired) electrons. The first kappa shape index (κ1) is 25.0. The van der Waals surface area contributed by atoms with E-state index in [0.717, 1.165) is 19.3 Å². The predicted octanol–water partition coefficient (Wildman–Crippen LogP) is 3.67. The van der Waals surface area contributed by atoms with Gasteiger partial charge < -0.3 is 15.4 Å². The maximum absolute atomic E-state index is 13.0. The molecule has 1 aliphatic heterocycles. The number of sulfonamides is 1. The van der Waals surface area contributed by atoms with Gasteiger partial charge >= 0.3 is 0 Å². The number of piperidine rings is 1. The number of ether oxygens (including phenoxy) is 1. The highest BCUT2D eigenvalue weighted by molar-refractivity contribution is 7.89. The number of methoxy groups -OCH3 is 1. The van der Waals surface area contributed by atoms with E-state index in [9.17, 15) is 18.0 Å². The van der Waals surface area contributed by atoms with Gasteiger partial charge in [-0.2, -0.15) is 4.31 Å². The van der Waals surface area contributed by atoms with Crippen LogP contribution in [0.5, 0.6) is 5.75 Å². The van der Waals surface area contributed by atoms with Gasteiger partial charge in [-0.15, -0.1) is 0 Å². The molecule has 1 fully saturated rings. The molecule has 1 aliphatic rings. The van der Waals surface area contributed by atoms with E-state index < -0.39 is 10.0 Å². The van der Waals surface area contributed by atoms with Crippen molar-refractivity contribution in [3.8, 4) is 5.75 Å². The number of nitrogens with zero attached hydrogens (tertiary/aromatic N) is 1. The van der Waals surface area contributed by atoms with E-state index in [1.807, 2.05) is 0 Å². The Morgan fingerprint density at radius 1 is 1.06 bits per heavy atom. The molecule has 0 bridgehead atoms. The van der Waals surface area contributed by atoms with Gasteiger partial charge in [0.2, 0.25) is 15.9 Å². The van der Waals surface area contributed by atoms with Crippen LogP contribution in [0.15, 0.2) is 47.4 Å². The fraction of sp³-hybridized carbons (Fsp3) is 0.391. The maximum atomic E-state index is 13.0. The first-order valence-electron chi connectivity index (χ1n) is 10.8. The van der Waals surface area contributed by atoms with Gasteiger partial charge in [0.1, 0.15) is 5.75 Å². The smallest absolute Gasteiger partial charge is 0.251 e. The average Bonchev–Trinajstić information content (AvgIpc) is 2.82. The highest BCUT2D eigenvalue weighted by atomic mass is 35.5. The van der Waals surface area contributed by atoms with Crippen molar-refractivity contribution >= 4 is 39.1 Å². The third-order valence-corrected chi connectivity index (χ3v) is 7.52. The Balaban J connectivity index is 1.56. The van der Waals surface area contributed by atoms with Crippen LogP contribution in [0.1, 0.15) is 42.5 Å². The number of amides is 2. The number of rotatable bonds is 9. The Morgan fingerprint density at radius 2 is 1.76 bits per heavy atom. The van der Waals surface area contributed by atoms with Crippen LogP contribution in [0.4, 0.5) is 5.69 Å². The Hall–Kier alpha value is -2.62. The van der Waals surface area contributed by atoms with Gasteiger partial charge in [0, 0.05) is 36.6 Å². The quantitative estimate of drug-likeness (QED) is 0.518. The van der Waals surface area contributed by atoms with Gasteiger partial charge in [-0.3, -0.25) is 9.59 Å². The number of benzene rings is 2. The molecule has 0 spiro atoms. The molecule has 10 heteroatoms. The molecule has 2 aromatic carbocycles. The normalized spacial score (nSPS) is 14.5.